The number of benzene rings is 1. The van der Waals surface area contributed by atoms with Crippen LogP contribution in [0.15, 0.2) is 24.3 Å². The second-order valence-electron chi connectivity index (χ2n) is 4.86. The van der Waals surface area contributed by atoms with E-state index in [1.165, 1.54) is 0 Å². The van der Waals surface area contributed by atoms with Crippen molar-refractivity contribution in [2.45, 2.75) is 20.3 Å². The molecule has 2 rings (SSSR count). The number of ether oxygens (including phenoxy) is 1. The van der Waals surface area contributed by atoms with Gasteiger partial charge in [0, 0.05) is 6.54 Å². The van der Waals surface area contributed by atoms with Crippen LogP contribution in [-0.4, -0.2) is 19.1 Å². The highest BCUT2D eigenvalue weighted by molar-refractivity contribution is 6.00. The molecule has 4 heteroatoms. The molecule has 0 saturated heterocycles. The van der Waals surface area contributed by atoms with Crippen molar-refractivity contribution in [1.82, 2.24) is 0 Å². The summed E-state index contributed by atoms with van der Waals surface area (Å²) in [5.41, 5.74) is -0.263. The minimum atomic E-state index is -1.02. The van der Waals surface area contributed by atoms with Gasteiger partial charge < -0.3 is 9.64 Å². The summed E-state index contributed by atoms with van der Waals surface area (Å²) in [7, 11) is 0. The Balaban J connectivity index is 2.40. The van der Waals surface area contributed by atoms with E-state index in [9.17, 15) is 4.79 Å². The fraction of sp³-hybridized carbons (Fsp3) is 0.429. The number of hydrogen-bond donors (Lipinski definition) is 0. The van der Waals surface area contributed by atoms with E-state index < -0.39 is 5.41 Å². The third-order valence-electron chi connectivity index (χ3n) is 3.00. The van der Waals surface area contributed by atoms with Gasteiger partial charge >= 0.3 is 0 Å². The van der Waals surface area contributed by atoms with Crippen LogP contribution in [0.25, 0.3) is 0 Å². The maximum atomic E-state index is 12.4. The van der Waals surface area contributed by atoms with Gasteiger partial charge in [-0.25, -0.2) is 0 Å². The van der Waals surface area contributed by atoms with Gasteiger partial charge in [-0.15, -0.1) is 0 Å². The Morgan fingerprint density at radius 1 is 1.44 bits per heavy atom. The Bertz CT molecular complexity index is 503. The number of nitrogens with zero attached hydrogens (tertiary/aromatic N) is 2. The van der Waals surface area contributed by atoms with Crippen molar-refractivity contribution in [1.29, 1.82) is 5.26 Å². The molecule has 1 aliphatic rings. The molecule has 0 aromatic heterocycles. The van der Waals surface area contributed by atoms with Crippen LogP contribution in [-0.2, 0) is 4.79 Å². The zero-order chi connectivity index (χ0) is 13.2. The van der Waals surface area contributed by atoms with Crippen LogP contribution in [0.5, 0.6) is 5.75 Å². The second kappa shape index (κ2) is 4.69. The Labute approximate surface area is 107 Å². The van der Waals surface area contributed by atoms with E-state index in [1.54, 1.807) is 18.7 Å². The minimum Gasteiger partial charge on any atom is -0.491 e. The van der Waals surface area contributed by atoms with Crippen molar-refractivity contribution in [3.05, 3.63) is 24.3 Å². The molecule has 1 heterocycles. The van der Waals surface area contributed by atoms with Crippen molar-refractivity contribution in [3.63, 3.8) is 0 Å². The first kappa shape index (κ1) is 12.4. The number of fused-ring (bicyclic) bond motifs is 1. The van der Waals surface area contributed by atoms with Crippen molar-refractivity contribution < 1.29 is 9.53 Å². The molecule has 0 radical (unpaired) electrons. The zero-order valence-corrected chi connectivity index (χ0v) is 10.6. The summed E-state index contributed by atoms with van der Waals surface area (Å²) in [6.45, 7) is 4.46. The van der Waals surface area contributed by atoms with Crippen LogP contribution in [0.1, 0.15) is 20.3 Å². The van der Waals surface area contributed by atoms with Crippen molar-refractivity contribution in [2.75, 3.05) is 18.1 Å². The van der Waals surface area contributed by atoms with Gasteiger partial charge in [0.1, 0.15) is 11.2 Å². The van der Waals surface area contributed by atoms with Crippen LogP contribution < -0.4 is 9.64 Å². The first-order chi connectivity index (χ1) is 8.56. The van der Waals surface area contributed by atoms with E-state index in [-0.39, 0.29) is 5.91 Å². The van der Waals surface area contributed by atoms with E-state index in [4.69, 9.17) is 10.00 Å². The van der Waals surface area contributed by atoms with Gasteiger partial charge in [0.15, 0.2) is 0 Å². The second-order valence-corrected chi connectivity index (χ2v) is 4.86. The fourth-order valence-corrected chi connectivity index (χ4v) is 1.92. The lowest BCUT2D eigenvalue weighted by Gasteiger charge is -2.27. The molecule has 1 aliphatic heterocycles. The molecule has 18 heavy (non-hydrogen) atoms. The maximum absolute atomic E-state index is 12.4. The van der Waals surface area contributed by atoms with Gasteiger partial charge in [-0.1, -0.05) is 12.1 Å². The van der Waals surface area contributed by atoms with E-state index in [0.717, 1.165) is 12.1 Å². The van der Waals surface area contributed by atoms with Crippen LogP contribution in [0.3, 0.4) is 0 Å². The molecule has 0 bridgehead atoms. The lowest BCUT2D eigenvalue weighted by atomic mass is 9.93. The van der Waals surface area contributed by atoms with E-state index in [2.05, 4.69) is 6.07 Å². The standard InChI is InChI=1S/C14H16N2O2/c1-14(2,10-15)13(17)16-8-5-9-18-12-7-4-3-6-11(12)16/h3-4,6-7H,5,8-9H2,1-2H3. The highest BCUT2D eigenvalue weighted by atomic mass is 16.5. The molecule has 0 N–H and O–H groups in total. The molecule has 1 amide bonds. The molecule has 0 unspecified atom stereocenters. The highest BCUT2D eigenvalue weighted by Gasteiger charge is 2.34. The van der Waals surface area contributed by atoms with Crippen molar-refractivity contribution in [3.8, 4) is 11.8 Å². The van der Waals surface area contributed by atoms with Gasteiger partial charge in [-0.05, 0) is 32.4 Å². The predicted molar refractivity (Wildman–Crippen MR) is 68.3 cm³/mol. The smallest absolute Gasteiger partial charge is 0.246 e. The molecule has 0 atom stereocenters. The first-order valence-electron chi connectivity index (χ1n) is 6.01. The monoisotopic (exact) mass is 244 g/mol. The predicted octanol–water partition coefficient (Wildman–Crippen LogP) is 2.35. The van der Waals surface area contributed by atoms with Crippen LogP contribution in [0.4, 0.5) is 5.69 Å². The third-order valence-corrected chi connectivity index (χ3v) is 3.00. The number of rotatable bonds is 1. The van der Waals surface area contributed by atoms with Crippen LogP contribution in [0, 0.1) is 16.7 Å². The number of nitriles is 1. The Morgan fingerprint density at radius 3 is 2.89 bits per heavy atom. The normalized spacial score (nSPS) is 15.1. The van der Waals surface area contributed by atoms with Crippen LogP contribution in [0.2, 0.25) is 0 Å². The van der Waals surface area contributed by atoms with Crippen molar-refractivity contribution >= 4 is 11.6 Å². The summed E-state index contributed by atoms with van der Waals surface area (Å²) in [5.74, 6) is 0.528. The SMILES string of the molecule is CC(C)(C#N)C(=O)N1CCCOc2ccccc21. The zero-order valence-electron chi connectivity index (χ0n) is 10.6. The van der Waals surface area contributed by atoms with E-state index >= 15 is 0 Å². The molecule has 0 saturated carbocycles. The summed E-state index contributed by atoms with van der Waals surface area (Å²) in [6, 6.07) is 9.50. The summed E-state index contributed by atoms with van der Waals surface area (Å²) in [4.78, 5) is 14.1. The Kier molecular flexibility index (Phi) is 3.24. The summed E-state index contributed by atoms with van der Waals surface area (Å²) in [6.07, 6.45) is 0.766. The number of anilines is 1. The summed E-state index contributed by atoms with van der Waals surface area (Å²) in [5, 5.41) is 9.08. The number of carbonyl (C=O) groups is 1. The number of amides is 1. The van der Waals surface area contributed by atoms with Crippen LogP contribution >= 0.6 is 0 Å². The fourth-order valence-electron chi connectivity index (χ4n) is 1.92. The lowest BCUT2D eigenvalue weighted by Crippen LogP contribution is -2.40. The van der Waals surface area contributed by atoms with Gasteiger partial charge in [0.05, 0.1) is 18.4 Å². The number of carbonyl (C=O) groups excluding carboxylic acids is 1. The molecule has 1 aromatic carbocycles. The molecule has 0 spiro atoms. The largest absolute Gasteiger partial charge is 0.491 e. The molecule has 0 fully saturated rings. The quantitative estimate of drug-likeness (QED) is 0.762. The van der Waals surface area contributed by atoms with Gasteiger partial charge in [-0.2, -0.15) is 5.26 Å². The van der Waals surface area contributed by atoms with Gasteiger partial charge in [-0.3, -0.25) is 4.79 Å². The van der Waals surface area contributed by atoms with Crippen molar-refractivity contribution in [2.24, 2.45) is 5.41 Å². The van der Waals surface area contributed by atoms with Gasteiger partial charge in [0.25, 0.3) is 0 Å². The molecule has 4 nitrogen and oxygen atoms in total. The third kappa shape index (κ3) is 2.17. The summed E-state index contributed by atoms with van der Waals surface area (Å²) < 4.78 is 5.60. The molecular weight excluding hydrogens is 228 g/mol. The minimum absolute atomic E-state index is 0.178. The van der Waals surface area contributed by atoms with E-state index in [1.807, 2.05) is 24.3 Å². The molecule has 94 valence electrons. The molecular formula is C14H16N2O2. The van der Waals surface area contributed by atoms with Gasteiger partial charge in [0.2, 0.25) is 5.91 Å². The summed E-state index contributed by atoms with van der Waals surface area (Å²) >= 11 is 0. The average Bonchev–Trinajstić information content (AvgIpc) is 2.60. The average molecular weight is 244 g/mol. The Morgan fingerprint density at radius 2 is 2.17 bits per heavy atom. The number of para-hydroxylation sites is 2. The number of hydrogen-bond acceptors (Lipinski definition) is 3. The lowest BCUT2D eigenvalue weighted by molar-refractivity contribution is -0.124. The maximum Gasteiger partial charge on any atom is 0.246 e. The van der Waals surface area contributed by atoms with E-state index in [0.29, 0.717) is 18.9 Å². The highest BCUT2D eigenvalue weighted by Crippen LogP contribution is 2.33. The molecule has 0 aliphatic carbocycles. The Hall–Kier alpha value is -2.02. The first-order valence-corrected chi connectivity index (χ1v) is 6.01. The topological polar surface area (TPSA) is 53.3 Å². The molecule has 1 aromatic rings.